The molecule has 1 atom stereocenters. The summed E-state index contributed by atoms with van der Waals surface area (Å²) in [6, 6.07) is 15.2. The van der Waals surface area contributed by atoms with Crippen LogP contribution in [0.2, 0.25) is 0 Å². The van der Waals surface area contributed by atoms with Gasteiger partial charge in [0.15, 0.2) is 0 Å². The number of aryl methyl sites for hydroxylation is 3. The third-order valence-corrected chi connectivity index (χ3v) is 8.53. The van der Waals surface area contributed by atoms with Gasteiger partial charge in [0, 0.05) is 0 Å². The summed E-state index contributed by atoms with van der Waals surface area (Å²) in [5.41, 5.74) is 5.13. The molecule has 3 rings (SSSR count). The van der Waals surface area contributed by atoms with E-state index in [1.165, 1.54) is 32.9 Å². The third-order valence-electron chi connectivity index (χ3n) is 5.03. The van der Waals surface area contributed by atoms with Crippen molar-refractivity contribution in [2.24, 2.45) is 0 Å². The maximum atomic E-state index is 4.84. The molecule has 1 aliphatic rings. The number of hydrogen-bond acceptors (Lipinski definition) is 0. The van der Waals surface area contributed by atoms with Gasteiger partial charge in [-0.15, -0.1) is 0 Å². The van der Waals surface area contributed by atoms with E-state index in [0.29, 0.717) is 0 Å². The van der Waals surface area contributed by atoms with Crippen molar-refractivity contribution in [1.29, 1.82) is 0 Å². The van der Waals surface area contributed by atoms with E-state index >= 15 is 0 Å². The van der Waals surface area contributed by atoms with E-state index in [2.05, 4.69) is 100 Å². The molecule has 0 N–H and O–H groups in total. The lowest BCUT2D eigenvalue weighted by atomic mass is 10.00. The summed E-state index contributed by atoms with van der Waals surface area (Å²) in [6.07, 6.45) is 16.8. The van der Waals surface area contributed by atoms with Crippen molar-refractivity contribution in [2.75, 3.05) is 0 Å². The lowest BCUT2D eigenvalue weighted by molar-refractivity contribution is 1.30. The van der Waals surface area contributed by atoms with Crippen molar-refractivity contribution in [3.63, 3.8) is 0 Å². The second-order valence-electron chi connectivity index (χ2n) is 7.02. The standard InChI is InChI=1S/C25H27P.C2H6/c1-19-17-20(2)25(21(3)18-19)22(4)26(5,24-15-11-8-12-16-24)23-13-9-6-7-10-14-23;1-2/h6,8-18H,4-5,7H2,1-3H3;1-2H3. The van der Waals surface area contributed by atoms with Gasteiger partial charge in [-0.1, -0.05) is 105 Å². The van der Waals surface area contributed by atoms with Crippen LogP contribution in [0.15, 0.2) is 84.7 Å². The molecule has 0 bridgehead atoms. The summed E-state index contributed by atoms with van der Waals surface area (Å²) in [4.78, 5) is 0. The summed E-state index contributed by atoms with van der Waals surface area (Å²) < 4.78 is 0. The molecule has 0 aromatic heterocycles. The zero-order valence-electron chi connectivity index (χ0n) is 18.0. The highest BCUT2D eigenvalue weighted by Gasteiger charge is 2.27. The fourth-order valence-electron chi connectivity index (χ4n) is 3.79. The molecule has 1 unspecified atom stereocenters. The minimum Gasteiger partial charge on any atom is -0.0901 e. The van der Waals surface area contributed by atoms with Gasteiger partial charge in [-0.05, 0) is 66.7 Å². The molecule has 146 valence electrons. The second-order valence-corrected chi connectivity index (χ2v) is 10.2. The van der Waals surface area contributed by atoms with Crippen molar-refractivity contribution in [2.45, 2.75) is 41.0 Å². The molecule has 1 aliphatic carbocycles. The molecule has 2 aromatic rings. The van der Waals surface area contributed by atoms with E-state index in [0.717, 1.165) is 11.7 Å². The summed E-state index contributed by atoms with van der Waals surface area (Å²) >= 11 is 0. The molecule has 28 heavy (non-hydrogen) atoms. The van der Waals surface area contributed by atoms with Crippen molar-refractivity contribution in [3.8, 4) is 0 Å². The minimum absolute atomic E-state index is 0.962. The first-order valence-corrected chi connectivity index (χ1v) is 12.0. The van der Waals surface area contributed by atoms with Crippen molar-refractivity contribution >= 4 is 23.8 Å². The number of benzene rings is 2. The van der Waals surface area contributed by atoms with E-state index in [1.54, 1.807) is 0 Å². The maximum Gasteiger partial charge on any atom is -0.0121 e. The lowest BCUT2D eigenvalue weighted by Crippen LogP contribution is -2.09. The van der Waals surface area contributed by atoms with Gasteiger partial charge in [0.25, 0.3) is 0 Å². The van der Waals surface area contributed by atoms with Gasteiger partial charge < -0.3 is 0 Å². The van der Waals surface area contributed by atoms with Crippen molar-refractivity contribution in [1.82, 2.24) is 0 Å². The van der Waals surface area contributed by atoms with Gasteiger partial charge in [-0.2, -0.15) is 0 Å². The minimum atomic E-state index is -2.03. The molecule has 0 aliphatic heterocycles. The maximum absolute atomic E-state index is 4.84. The highest BCUT2D eigenvalue weighted by molar-refractivity contribution is 7.93. The quantitative estimate of drug-likeness (QED) is 0.469. The van der Waals surface area contributed by atoms with Gasteiger partial charge in [-0.3, -0.25) is 0 Å². The average molecular weight is 389 g/mol. The Morgan fingerprint density at radius 1 is 0.929 bits per heavy atom. The summed E-state index contributed by atoms with van der Waals surface area (Å²) in [7, 11) is 0. The van der Waals surface area contributed by atoms with Crippen LogP contribution in [-0.2, 0) is 0 Å². The van der Waals surface area contributed by atoms with E-state index in [4.69, 9.17) is 6.30 Å². The van der Waals surface area contributed by atoms with Crippen LogP contribution in [0.3, 0.4) is 0 Å². The zero-order valence-corrected chi connectivity index (χ0v) is 18.9. The largest absolute Gasteiger partial charge is 0.0901 e. The predicted molar refractivity (Wildman–Crippen MR) is 132 cm³/mol. The van der Waals surface area contributed by atoms with Gasteiger partial charge in [-0.25, -0.2) is 0 Å². The normalized spacial score (nSPS) is 15.0. The second kappa shape index (κ2) is 9.76. The third kappa shape index (κ3) is 4.40. The molecule has 0 saturated heterocycles. The summed E-state index contributed by atoms with van der Waals surface area (Å²) in [5.74, 6) is 0. The zero-order chi connectivity index (χ0) is 20.7. The average Bonchev–Trinajstić information content (AvgIpc) is 2.98. The van der Waals surface area contributed by atoms with E-state index in [9.17, 15) is 0 Å². The summed E-state index contributed by atoms with van der Waals surface area (Å²) in [6.45, 7) is 13.1. The Kier molecular flexibility index (Phi) is 7.67. The Bertz CT molecular complexity index is 946. The fraction of sp³-hybridized carbons (Fsp3) is 0.222. The highest BCUT2D eigenvalue weighted by atomic mass is 31.2. The van der Waals surface area contributed by atoms with Crippen LogP contribution in [0, 0.1) is 20.8 Å². The highest BCUT2D eigenvalue weighted by Crippen LogP contribution is 2.64. The smallest absolute Gasteiger partial charge is 0.0121 e. The molecular weight excluding hydrogens is 355 g/mol. The Hall–Kier alpha value is -2.30. The predicted octanol–water partition coefficient (Wildman–Crippen LogP) is 7.78. The van der Waals surface area contributed by atoms with Crippen LogP contribution in [0.1, 0.15) is 42.5 Å². The van der Waals surface area contributed by atoms with Crippen LogP contribution in [-0.4, -0.2) is 6.30 Å². The molecule has 0 heterocycles. The molecule has 0 amide bonds. The van der Waals surface area contributed by atoms with Gasteiger partial charge >= 0.3 is 0 Å². The van der Waals surface area contributed by atoms with Gasteiger partial charge in [0.2, 0.25) is 0 Å². The first kappa shape index (κ1) is 22.0. The van der Waals surface area contributed by atoms with Crippen LogP contribution in [0.25, 0.3) is 5.31 Å². The van der Waals surface area contributed by atoms with Gasteiger partial charge in [0.05, 0.1) is 0 Å². The number of rotatable bonds is 4. The number of hydrogen-bond donors (Lipinski definition) is 0. The topological polar surface area (TPSA) is 0 Å². The van der Waals surface area contributed by atoms with E-state index in [1.807, 2.05) is 13.8 Å². The molecule has 0 saturated carbocycles. The molecule has 0 nitrogen and oxygen atoms in total. The van der Waals surface area contributed by atoms with Crippen molar-refractivity contribution < 1.29 is 0 Å². The lowest BCUT2D eigenvalue weighted by Gasteiger charge is -2.31. The van der Waals surface area contributed by atoms with Crippen LogP contribution in [0.4, 0.5) is 0 Å². The Labute approximate surface area is 172 Å². The van der Waals surface area contributed by atoms with Crippen molar-refractivity contribution in [3.05, 3.63) is 107 Å². The monoisotopic (exact) mass is 388 g/mol. The van der Waals surface area contributed by atoms with E-state index < -0.39 is 6.89 Å². The molecule has 2 aromatic carbocycles. The Balaban J connectivity index is 0.00000136. The summed E-state index contributed by atoms with van der Waals surface area (Å²) in [5, 5.41) is 3.71. The van der Waals surface area contributed by atoms with Crippen LogP contribution in [0.5, 0.6) is 0 Å². The molecule has 1 heteroatoms. The molecule has 0 fully saturated rings. The molecule has 0 radical (unpaired) electrons. The first-order chi connectivity index (χ1) is 13.4. The van der Waals surface area contributed by atoms with Crippen LogP contribution >= 0.6 is 6.89 Å². The first-order valence-electron chi connectivity index (χ1n) is 10.0. The fourth-order valence-corrected chi connectivity index (χ4v) is 6.83. The Morgan fingerprint density at radius 3 is 2.14 bits per heavy atom. The SMILES string of the molecule is C=C(c1c(C)cc(C)cc1C)P(=C)(C1=CC=CCC=C1)c1ccccc1.CC. The number of allylic oxidation sites excluding steroid dienone is 6. The Morgan fingerprint density at radius 2 is 1.54 bits per heavy atom. The molecule has 0 spiro atoms. The van der Waals surface area contributed by atoms with Crippen LogP contribution < -0.4 is 5.30 Å². The van der Waals surface area contributed by atoms with Gasteiger partial charge in [0.1, 0.15) is 0 Å². The molecular formula is C27H33P. The van der Waals surface area contributed by atoms with E-state index in [-0.39, 0.29) is 0 Å².